The van der Waals surface area contributed by atoms with Gasteiger partial charge in [-0.1, -0.05) is 19.9 Å². The third kappa shape index (κ3) is 5.41. The monoisotopic (exact) mass is 483 g/mol. The molecule has 0 aromatic heterocycles. The van der Waals surface area contributed by atoms with Crippen LogP contribution < -0.4 is 4.74 Å². The number of hydrogen-bond acceptors (Lipinski definition) is 4. The predicted octanol–water partition coefficient (Wildman–Crippen LogP) is 6.23. The van der Waals surface area contributed by atoms with E-state index in [0.717, 1.165) is 44.3 Å². The van der Waals surface area contributed by atoms with Gasteiger partial charge in [-0.2, -0.15) is 0 Å². The standard InChI is InChI=1S/C28H42BNO5/c1-7-20-17-22(11-12-23(20)21-13-15-30(16-14-21)26(31)32)33-18-24-19(2)9-8-10-25(24)29-34-27(3,4)28(5,6)35-29/h11-12,17,19,21H,7-10,13-16,18H2,1-6H3,(H,31,32). The van der Waals surface area contributed by atoms with Crippen LogP contribution in [-0.4, -0.2) is 54.1 Å². The Morgan fingerprint density at radius 1 is 1.14 bits per heavy atom. The number of nitrogens with zero attached hydrogens (tertiary/aromatic N) is 1. The Morgan fingerprint density at radius 3 is 2.40 bits per heavy atom. The fourth-order valence-electron chi connectivity index (χ4n) is 5.66. The van der Waals surface area contributed by atoms with Gasteiger partial charge in [-0.3, -0.25) is 0 Å². The normalized spacial score (nSPS) is 24.7. The maximum atomic E-state index is 11.3. The Balaban J connectivity index is 1.48. The zero-order chi connectivity index (χ0) is 25.4. The number of aryl methyl sites for hydroxylation is 1. The molecule has 1 unspecified atom stereocenters. The summed E-state index contributed by atoms with van der Waals surface area (Å²) in [6, 6.07) is 6.46. The van der Waals surface area contributed by atoms with E-state index in [0.29, 0.717) is 31.5 Å². The summed E-state index contributed by atoms with van der Waals surface area (Å²) in [5, 5.41) is 9.25. The number of carbonyl (C=O) groups is 1. The van der Waals surface area contributed by atoms with Crippen molar-refractivity contribution >= 4 is 13.2 Å². The van der Waals surface area contributed by atoms with Crippen LogP contribution >= 0.6 is 0 Å². The Labute approximate surface area is 211 Å². The van der Waals surface area contributed by atoms with Gasteiger partial charge in [0.25, 0.3) is 0 Å². The molecule has 0 saturated carbocycles. The zero-order valence-corrected chi connectivity index (χ0v) is 22.4. The number of piperidine rings is 1. The SMILES string of the molecule is CCc1cc(OCC2=C(B3OC(C)(C)C(C)(C)O3)CCCC2C)ccc1C1CCN(C(=O)O)CC1. The van der Waals surface area contributed by atoms with Crippen molar-refractivity contribution in [1.82, 2.24) is 4.90 Å². The minimum Gasteiger partial charge on any atom is -0.489 e. The van der Waals surface area contributed by atoms with Crippen LogP contribution in [0.5, 0.6) is 5.75 Å². The van der Waals surface area contributed by atoms with E-state index in [9.17, 15) is 9.90 Å². The predicted molar refractivity (Wildman–Crippen MR) is 139 cm³/mol. The van der Waals surface area contributed by atoms with Crippen LogP contribution in [0.3, 0.4) is 0 Å². The van der Waals surface area contributed by atoms with E-state index in [-0.39, 0.29) is 18.3 Å². The summed E-state index contributed by atoms with van der Waals surface area (Å²) in [6.45, 7) is 14.7. The molecule has 3 aliphatic rings. The van der Waals surface area contributed by atoms with Gasteiger partial charge in [0.1, 0.15) is 12.4 Å². The van der Waals surface area contributed by atoms with Crippen molar-refractivity contribution < 1.29 is 23.9 Å². The lowest BCUT2D eigenvalue weighted by atomic mass is 9.67. The van der Waals surface area contributed by atoms with Crippen LogP contribution in [0.1, 0.15) is 90.7 Å². The topological polar surface area (TPSA) is 68.2 Å². The first-order valence-corrected chi connectivity index (χ1v) is 13.3. The molecule has 2 fully saturated rings. The van der Waals surface area contributed by atoms with Crippen molar-refractivity contribution in [3.8, 4) is 5.75 Å². The van der Waals surface area contributed by atoms with Crippen LogP contribution in [0, 0.1) is 5.92 Å². The Hall–Kier alpha value is -1.99. The number of rotatable bonds is 6. The van der Waals surface area contributed by atoms with Gasteiger partial charge in [0.2, 0.25) is 0 Å². The molecule has 1 N–H and O–H groups in total. The van der Waals surface area contributed by atoms with Gasteiger partial charge >= 0.3 is 13.2 Å². The van der Waals surface area contributed by atoms with Crippen molar-refractivity contribution in [3.05, 3.63) is 40.4 Å². The van der Waals surface area contributed by atoms with E-state index in [1.165, 1.54) is 27.1 Å². The Morgan fingerprint density at radius 2 is 1.80 bits per heavy atom. The lowest BCUT2D eigenvalue weighted by molar-refractivity contribution is 0.00578. The lowest BCUT2D eigenvalue weighted by Crippen LogP contribution is -2.41. The third-order valence-corrected chi connectivity index (χ3v) is 8.72. The van der Waals surface area contributed by atoms with Gasteiger partial charge in [-0.15, -0.1) is 0 Å². The molecule has 2 aliphatic heterocycles. The van der Waals surface area contributed by atoms with Gasteiger partial charge in [-0.25, -0.2) is 4.79 Å². The van der Waals surface area contributed by atoms with Crippen LogP contribution in [0.15, 0.2) is 29.2 Å². The summed E-state index contributed by atoms with van der Waals surface area (Å²) in [5.74, 6) is 1.75. The average molecular weight is 483 g/mol. The van der Waals surface area contributed by atoms with Gasteiger partial charge < -0.3 is 24.1 Å². The van der Waals surface area contributed by atoms with Crippen LogP contribution in [-0.2, 0) is 15.7 Å². The minimum atomic E-state index is -0.811. The molecule has 192 valence electrons. The second kappa shape index (κ2) is 10.2. The van der Waals surface area contributed by atoms with Crippen molar-refractivity contribution in [2.75, 3.05) is 19.7 Å². The van der Waals surface area contributed by atoms with Crippen molar-refractivity contribution in [3.63, 3.8) is 0 Å². The highest BCUT2D eigenvalue weighted by Crippen LogP contribution is 2.42. The number of ether oxygens (including phenoxy) is 1. The van der Waals surface area contributed by atoms with Gasteiger partial charge in [0, 0.05) is 13.1 Å². The summed E-state index contributed by atoms with van der Waals surface area (Å²) >= 11 is 0. The van der Waals surface area contributed by atoms with E-state index in [1.54, 1.807) is 0 Å². The molecule has 0 spiro atoms. The third-order valence-electron chi connectivity index (χ3n) is 8.72. The molecule has 7 heteroatoms. The van der Waals surface area contributed by atoms with Crippen molar-refractivity contribution in [2.45, 2.75) is 97.2 Å². The number of benzene rings is 1. The van der Waals surface area contributed by atoms with Crippen molar-refractivity contribution in [1.29, 1.82) is 0 Å². The average Bonchev–Trinajstić information content (AvgIpc) is 3.04. The molecule has 35 heavy (non-hydrogen) atoms. The molecule has 0 radical (unpaired) electrons. The molecule has 2 heterocycles. The first-order valence-electron chi connectivity index (χ1n) is 13.3. The number of allylic oxidation sites excluding steroid dienone is 1. The molecule has 1 aromatic rings. The molecule has 1 amide bonds. The van der Waals surface area contributed by atoms with E-state index in [1.807, 2.05) is 0 Å². The minimum absolute atomic E-state index is 0.299. The lowest BCUT2D eigenvalue weighted by Gasteiger charge is -2.32. The second-order valence-corrected chi connectivity index (χ2v) is 11.5. The Kier molecular flexibility index (Phi) is 7.58. The number of amides is 1. The van der Waals surface area contributed by atoms with E-state index < -0.39 is 6.09 Å². The Bertz CT molecular complexity index is 948. The number of likely N-dealkylation sites (tertiary alicyclic amines) is 1. The fraction of sp³-hybridized carbons (Fsp3) is 0.679. The molecule has 2 saturated heterocycles. The highest BCUT2D eigenvalue weighted by Gasteiger charge is 2.53. The molecule has 1 aliphatic carbocycles. The maximum Gasteiger partial charge on any atom is 0.490 e. The molecule has 4 rings (SSSR count). The maximum absolute atomic E-state index is 11.3. The molecule has 6 nitrogen and oxygen atoms in total. The number of carboxylic acid groups (broad SMARTS) is 1. The summed E-state index contributed by atoms with van der Waals surface area (Å²) in [6.07, 6.45) is 5.19. The highest BCUT2D eigenvalue weighted by molar-refractivity contribution is 6.54. The van der Waals surface area contributed by atoms with Crippen molar-refractivity contribution in [2.24, 2.45) is 5.92 Å². The van der Waals surface area contributed by atoms with Gasteiger partial charge in [0.05, 0.1) is 11.2 Å². The van der Waals surface area contributed by atoms with Crippen LogP contribution in [0.4, 0.5) is 4.79 Å². The van der Waals surface area contributed by atoms with Gasteiger partial charge in [-0.05, 0) is 112 Å². The molecule has 1 atom stereocenters. The second-order valence-electron chi connectivity index (χ2n) is 11.5. The van der Waals surface area contributed by atoms with E-state index >= 15 is 0 Å². The summed E-state index contributed by atoms with van der Waals surface area (Å²) < 4.78 is 19.2. The largest absolute Gasteiger partial charge is 0.490 e. The summed E-state index contributed by atoms with van der Waals surface area (Å²) in [7, 11) is -0.299. The fourth-order valence-corrected chi connectivity index (χ4v) is 5.66. The molecule has 1 aromatic carbocycles. The molecule has 0 bridgehead atoms. The van der Waals surface area contributed by atoms with E-state index in [4.69, 9.17) is 14.0 Å². The van der Waals surface area contributed by atoms with Crippen LogP contribution in [0.25, 0.3) is 0 Å². The summed E-state index contributed by atoms with van der Waals surface area (Å²) in [4.78, 5) is 12.8. The van der Waals surface area contributed by atoms with Gasteiger partial charge in [0.15, 0.2) is 0 Å². The van der Waals surface area contributed by atoms with Crippen LogP contribution in [0.2, 0.25) is 0 Å². The highest BCUT2D eigenvalue weighted by atomic mass is 16.7. The van der Waals surface area contributed by atoms with E-state index in [2.05, 4.69) is 59.7 Å². The summed E-state index contributed by atoms with van der Waals surface area (Å²) in [5.41, 5.74) is 4.53. The molecular formula is C28H42BNO5. The smallest absolute Gasteiger partial charge is 0.489 e. The first-order chi connectivity index (χ1) is 16.5. The number of hydrogen-bond donors (Lipinski definition) is 1. The first kappa shape index (κ1) is 26.1. The zero-order valence-electron chi connectivity index (χ0n) is 22.4. The molecular weight excluding hydrogens is 441 g/mol. The quantitative estimate of drug-likeness (QED) is 0.486.